The summed E-state index contributed by atoms with van der Waals surface area (Å²) in [4.78, 5) is 6.71. The Labute approximate surface area is 129 Å². The van der Waals surface area contributed by atoms with Crippen molar-refractivity contribution >= 4 is 0 Å². The van der Waals surface area contributed by atoms with Crippen LogP contribution in [0.15, 0.2) is 24.5 Å². The highest BCUT2D eigenvalue weighted by atomic mass is 16.5. The second-order valence-corrected chi connectivity index (χ2v) is 8.26. The molecule has 3 nitrogen and oxygen atoms in total. The van der Waals surface area contributed by atoms with E-state index in [0.717, 1.165) is 18.7 Å². The summed E-state index contributed by atoms with van der Waals surface area (Å²) < 4.78 is 6.27. The van der Waals surface area contributed by atoms with Crippen LogP contribution in [0.25, 0.3) is 0 Å². The van der Waals surface area contributed by atoms with Crippen molar-refractivity contribution in [2.45, 2.75) is 59.8 Å². The van der Waals surface area contributed by atoms with E-state index in [2.05, 4.69) is 57.5 Å². The number of pyridine rings is 1. The Kier molecular flexibility index (Phi) is 4.74. The van der Waals surface area contributed by atoms with Crippen LogP contribution in [0, 0.1) is 11.3 Å². The van der Waals surface area contributed by atoms with Gasteiger partial charge in [-0.15, -0.1) is 0 Å². The maximum Gasteiger partial charge on any atom is 0.0752 e. The standard InChI is InChI=1S/C18H30N2O/c1-17(2,3)15-11-20(18(4,5)6)12-16(15)21-13-14-8-7-9-19-10-14/h7-10,15-16H,11-13H2,1-6H3/t15?,16-/m0/s1. The number of likely N-dealkylation sites (tertiary alicyclic amines) is 1. The lowest BCUT2D eigenvalue weighted by Gasteiger charge is -2.33. The van der Waals surface area contributed by atoms with Gasteiger partial charge < -0.3 is 4.74 Å². The van der Waals surface area contributed by atoms with Crippen LogP contribution in [0.3, 0.4) is 0 Å². The van der Waals surface area contributed by atoms with E-state index in [0.29, 0.717) is 18.6 Å². The molecule has 1 aromatic rings. The van der Waals surface area contributed by atoms with Crippen molar-refractivity contribution in [2.75, 3.05) is 13.1 Å². The first-order valence-electron chi connectivity index (χ1n) is 7.93. The maximum atomic E-state index is 6.27. The first kappa shape index (κ1) is 16.4. The number of hydrogen-bond acceptors (Lipinski definition) is 3. The van der Waals surface area contributed by atoms with Crippen molar-refractivity contribution < 1.29 is 4.74 Å². The summed E-state index contributed by atoms with van der Waals surface area (Å²) in [5, 5.41) is 0. The minimum absolute atomic E-state index is 0.204. The van der Waals surface area contributed by atoms with Crippen LogP contribution < -0.4 is 0 Å². The van der Waals surface area contributed by atoms with Crippen LogP contribution in [0.2, 0.25) is 0 Å². The molecule has 118 valence electrons. The van der Waals surface area contributed by atoms with E-state index in [1.807, 2.05) is 12.3 Å². The second kappa shape index (κ2) is 6.05. The zero-order valence-corrected chi connectivity index (χ0v) is 14.4. The van der Waals surface area contributed by atoms with Gasteiger partial charge in [-0.25, -0.2) is 0 Å². The minimum Gasteiger partial charge on any atom is -0.372 e. The highest BCUT2D eigenvalue weighted by molar-refractivity contribution is 5.07. The highest BCUT2D eigenvalue weighted by Gasteiger charge is 2.43. The van der Waals surface area contributed by atoms with E-state index in [-0.39, 0.29) is 11.0 Å². The van der Waals surface area contributed by atoms with Gasteiger partial charge in [-0.05, 0) is 37.8 Å². The summed E-state index contributed by atoms with van der Waals surface area (Å²) in [5.41, 5.74) is 1.62. The average molecular weight is 290 g/mol. The number of aromatic nitrogens is 1. The summed E-state index contributed by atoms with van der Waals surface area (Å²) in [6, 6.07) is 4.05. The molecule has 1 aromatic heterocycles. The molecule has 0 radical (unpaired) electrons. The monoisotopic (exact) mass is 290 g/mol. The zero-order chi connectivity index (χ0) is 15.7. The Morgan fingerprint density at radius 1 is 1.19 bits per heavy atom. The van der Waals surface area contributed by atoms with Crippen LogP contribution >= 0.6 is 0 Å². The number of nitrogens with zero attached hydrogens (tertiary/aromatic N) is 2. The highest BCUT2D eigenvalue weighted by Crippen LogP contribution is 2.38. The molecule has 1 aliphatic heterocycles. The van der Waals surface area contributed by atoms with Crippen molar-refractivity contribution in [1.29, 1.82) is 0 Å². The third kappa shape index (κ3) is 4.27. The summed E-state index contributed by atoms with van der Waals surface area (Å²) in [5.74, 6) is 0.563. The smallest absolute Gasteiger partial charge is 0.0752 e. The van der Waals surface area contributed by atoms with Crippen LogP contribution in [0.5, 0.6) is 0 Å². The van der Waals surface area contributed by atoms with Crippen molar-refractivity contribution in [3.63, 3.8) is 0 Å². The third-order valence-electron chi connectivity index (χ3n) is 4.51. The topological polar surface area (TPSA) is 25.4 Å². The number of hydrogen-bond donors (Lipinski definition) is 0. The number of ether oxygens (including phenoxy) is 1. The van der Waals surface area contributed by atoms with Gasteiger partial charge in [0, 0.05) is 36.9 Å². The predicted molar refractivity (Wildman–Crippen MR) is 87.1 cm³/mol. The Morgan fingerprint density at radius 3 is 2.43 bits per heavy atom. The molecule has 21 heavy (non-hydrogen) atoms. The Morgan fingerprint density at radius 2 is 1.90 bits per heavy atom. The quantitative estimate of drug-likeness (QED) is 0.848. The van der Waals surface area contributed by atoms with Crippen LogP contribution in [0.1, 0.15) is 47.1 Å². The van der Waals surface area contributed by atoms with Gasteiger partial charge in [0.2, 0.25) is 0 Å². The van der Waals surface area contributed by atoms with Crippen LogP contribution in [-0.4, -0.2) is 34.6 Å². The van der Waals surface area contributed by atoms with E-state index in [1.165, 1.54) is 0 Å². The van der Waals surface area contributed by atoms with E-state index >= 15 is 0 Å². The average Bonchev–Trinajstić information content (AvgIpc) is 2.81. The molecule has 1 unspecified atom stereocenters. The predicted octanol–water partition coefficient (Wildman–Crippen LogP) is 3.74. The Balaban J connectivity index is 2.05. The summed E-state index contributed by atoms with van der Waals surface area (Å²) in [6.45, 7) is 16.6. The van der Waals surface area contributed by atoms with Gasteiger partial charge in [-0.3, -0.25) is 9.88 Å². The molecule has 0 aliphatic carbocycles. The summed E-state index contributed by atoms with van der Waals surface area (Å²) >= 11 is 0. The third-order valence-corrected chi connectivity index (χ3v) is 4.51. The largest absolute Gasteiger partial charge is 0.372 e. The Hall–Kier alpha value is -0.930. The van der Waals surface area contributed by atoms with Crippen LogP contribution in [-0.2, 0) is 11.3 Å². The Bertz CT molecular complexity index is 445. The fourth-order valence-corrected chi connectivity index (χ4v) is 3.01. The van der Waals surface area contributed by atoms with Gasteiger partial charge in [0.25, 0.3) is 0 Å². The van der Waals surface area contributed by atoms with Crippen molar-refractivity contribution in [3.05, 3.63) is 30.1 Å². The molecule has 0 amide bonds. The summed E-state index contributed by atoms with van der Waals surface area (Å²) in [7, 11) is 0. The first-order chi connectivity index (χ1) is 9.68. The zero-order valence-electron chi connectivity index (χ0n) is 14.4. The molecular formula is C18H30N2O. The molecule has 1 aliphatic rings. The van der Waals surface area contributed by atoms with E-state index in [1.54, 1.807) is 6.20 Å². The van der Waals surface area contributed by atoms with E-state index in [4.69, 9.17) is 4.74 Å². The van der Waals surface area contributed by atoms with Gasteiger partial charge >= 0.3 is 0 Å². The maximum absolute atomic E-state index is 6.27. The SMILES string of the molecule is CC(C)(C)C1CN(C(C)(C)C)C[C@@H]1OCc1cccnc1. The second-order valence-electron chi connectivity index (χ2n) is 8.26. The van der Waals surface area contributed by atoms with Crippen molar-refractivity contribution in [3.8, 4) is 0 Å². The molecule has 0 saturated carbocycles. The summed E-state index contributed by atoms with van der Waals surface area (Å²) in [6.07, 6.45) is 3.99. The molecule has 0 aromatic carbocycles. The van der Waals surface area contributed by atoms with E-state index in [9.17, 15) is 0 Å². The van der Waals surface area contributed by atoms with Gasteiger partial charge in [0.05, 0.1) is 12.7 Å². The minimum atomic E-state index is 0.204. The number of rotatable bonds is 3. The molecule has 3 heteroatoms. The molecule has 2 heterocycles. The molecule has 0 bridgehead atoms. The lowest BCUT2D eigenvalue weighted by atomic mass is 9.79. The lowest BCUT2D eigenvalue weighted by Crippen LogP contribution is -2.40. The normalized spacial score (nSPS) is 24.5. The van der Waals surface area contributed by atoms with Gasteiger partial charge in [0.15, 0.2) is 0 Å². The fourth-order valence-electron chi connectivity index (χ4n) is 3.01. The molecule has 0 N–H and O–H groups in total. The van der Waals surface area contributed by atoms with Gasteiger partial charge in [-0.2, -0.15) is 0 Å². The van der Waals surface area contributed by atoms with Crippen LogP contribution in [0.4, 0.5) is 0 Å². The molecule has 1 saturated heterocycles. The molecule has 2 rings (SSSR count). The van der Waals surface area contributed by atoms with Crippen molar-refractivity contribution in [2.24, 2.45) is 11.3 Å². The molecule has 1 fully saturated rings. The lowest BCUT2D eigenvalue weighted by molar-refractivity contribution is -0.00774. The fraction of sp³-hybridized carbons (Fsp3) is 0.722. The van der Waals surface area contributed by atoms with Crippen molar-refractivity contribution in [1.82, 2.24) is 9.88 Å². The first-order valence-corrected chi connectivity index (χ1v) is 7.93. The van der Waals surface area contributed by atoms with Gasteiger partial charge in [0.1, 0.15) is 0 Å². The molecule has 2 atom stereocenters. The van der Waals surface area contributed by atoms with Gasteiger partial charge in [-0.1, -0.05) is 26.8 Å². The molecule has 0 spiro atoms. The molecular weight excluding hydrogens is 260 g/mol. The van der Waals surface area contributed by atoms with E-state index < -0.39 is 0 Å².